The van der Waals surface area contributed by atoms with Crippen molar-refractivity contribution < 1.29 is 21.6 Å². The summed E-state index contributed by atoms with van der Waals surface area (Å²) in [5.41, 5.74) is 0.292. The number of alkyl halides is 3. The summed E-state index contributed by atoms with van der Waals surface area (Å²) in [6.45, 7) is 1.94. The Morgan fingerprint density at radius 1 is 1.40 bits per heavy atom. The van der Waals surface area contributed by atoms with Crippen molar-refractivity contribution in [2.24, 2.45) is 10.7 Å². The zero-order valence-corrected chi connectivity index (χ0v) is 14.0. The van der Waals surface area contributed by atoms with Gasteiger partial charge in [-0.3, -0.25) is 4.99 Å². The van der Waals surface area contributed by atoms with E-state index in [1.807, 2.05) is 0 Å². The number of hydrogen-bond donors (Lipinski definition) is 2. The fourth-order valence-electron chi connectivity index (χ4n) is 1.81. The first-order valence-corrected chi connectivity index (χ1v) is 7.25. The van der Waals surface area contributed by atoms with Crippen molar-refractivity contribution in [2.45, 2.75) is 31.3 Å². The topological polar surface area (TPSA) is 87.8 Å². The Bertz CT molecular complexity index is 433. The lowest BCUT2D eigenvalue weighted by molar-refractivity contribution is -0.0494. The van der Waals surface area contributed by atoms with Crippen LogP contribution in [0.15, 0.2) is 4.99 Å². The van der Waals surface area contributed by atoms with Crippen LogP contribution in [-0.4, -0.2) is 49.9 Å². The van der Waals surface area contributed by atoms with Crippen LogP contribution in [0.4, 0.5) is 13.2 Å². The third-order valence-electron chi connectivity index (χ3n) is 2.77. The van der Waals surface area contributed by atoms with Crippen molar-refractivity contribution >= 4 is 40.0 Å². The lowest BCUT2D eigenvalue weighted by Gasteiger charge is -2.32. The summed E-state index contributed by atoms with van der Waals surface area (Å²) < 4.78 is 59.8. The number of sulfonamides is 1. The monoisotopic (exact) mass is 430 g/mol. The summed E-state index contributed by atoms with van der Waals surface area (Å²) in [6, 6.07) is -0.157. The highest BCUT2D eigenvalue weighted by atomic mass is 127. The predicted molar refractivity (Wildman–Crippen MR) is 80.3 cm³/mol. The number of halogens is 4. The molecular weight excluding hydrogens is 412 g/mol. The minimum atomic E-state index is -5.24. The van der Waals surface area contributed by atoms with E-state index in [1.54, 1.807) is 6.92 Å². The molecule has 0 saturated carbocycles. The number of hydrogen-bond acceptors (Lipinski definition) is 3. The largest absolute Gasteiger partial charge is 0.511 e. The van der Waals surface area contributed by atoms with E-state index in [1.165, 1.54) is 0 Å². The van der Waals surface area contributed by atoms with E-state index in [0.29, 0.717) is 10.8 Å². The second-order valence-corrected chi connectivity index (χ2v) is 6.06. The van der Waals surface area contributed by atoms with Crippen molar-refractivity contribution in [3.63, 3.8) is 0 Å². The van der Waals surface area contributed by atoms with E-state index in [0.717, 1.165) is 0 Å². The van der Waals surface area contributed by atoms with Crippen LogP contribution in [0.5, 0.6) is 0 Å². The van der Waals surface area contributed by atoms with Crippen molar-refractivity contribution in [2.75, 3.05) is 19.6 Å². The van der Waals surface area contributed by atoms with Crippen LogP contribution in [-0.2, 0) is 10.0 Å². The highest BCUT2D eigenvalue weighted by Crippen LogP contribution is 2.28. The Morgan fingerprint density at radius 2 is 1.90 bits per heavy atom. The number of guanidine groups is 1. The van der Waals surface area contributed by atoms with Crippen LogP contribution in [0, 0.1) is 0 Å². The molecule has 120 valence electrons. The van der Waals surface area contributed by atoms with Gasteiger partial charge in [0, 0.05) is 25.7 Å². The fraction of sp³-hybridized carbons (Fsp3) is 0.889. The first-order valence-electron chi connectivity index (χ1n) is 5.81. The molecule has 1 heterocycles. The summed E-state index contributed by atoms with van der Waals surface area (Å²) in [7, 11) is -5.22. The number of nitrogens with zero attached hydrogens (tertiary/aromatic N) is 2. The van der Waals surface area contributed by atoms with Crippen LogP contribution < -0.4 is 11.1 Å². The molecule has 0 aromatic carbocycles. The molecule has 0 aliphatic carbocycles. The average Bonchev–Trinajstić information content (AvgIpc) is 2.28. The van der Waals surface area contributed by atoms with Crippen molar-refractivity contribution in [1.82, 2.24) is 9.62 Å². The molecule has 0 unspecified atom stereocenters. The molecule has 0 radical (unpaired) electrons. The molecule has 20 heavy (non-hydrogen) atoms. The summed E-state index contributed by atoms with van der Waals surface area (Å²) in [6.07, 6.45) is 0.518. The number of nitrogens with two attached hydrogens (primary N) is 1. The molecule has 1 aliphatic rings. The second-order valence-electron chi connectivity index (χ2n) is 4.13. The normalized spacial score (nSPS) is 19.5. The zero-order chi connectivity index (χ0) is 14.7. The first kappa shape index (κ1) is 19.7. The van der Waals surface area contributed by atoms with Gasteiger partial charge in [0.25, 0.3) is 0 Å². The Hall–Kier alpha value is -0.300. The molecule has 1 fully saturated rings. The van der Waals surface area contributed by atoms with E-state index in [2.05, 4.69) is 10.3 Å². The molecule has 0 spiro atoms. The molecule has 0 aromatic rings. The molecule has 6 nitrogen and oxygen atoms in total. The Balaban J connectivity index is 0.00000361. The van der Waals surface area contributed by atoms with Crippen LogP contribution in [0.2, 0.25) is 0 Å². The van der Waals surface area contributed by atoms with E-state index in [4.69, 9.17) is 5.73 Å². The van der Waals surface area contributed by atoms with Gasteiger partial charge < -0.3 is 11.1 Å². The summed E-state index contributed by atoms with van der Waals surface area (Å²) >= 11 is 0. The SMILES string of the molecule is CCN=C(N)NC1CCN(S(=O)(=O)C(F)(F)F)CC1.I. The van der Waals surface area contributed by atoms with Gasteiger partial charge in [0.15, 0.2) is 5.96 Å². The highest BCUT2D eigenvalue weighted by molar-refractivity contribution is 14.0. The zero-order valence-electron chi connectivity index (χ0n) is 10.9. The van der Waals surface area contributed by atoms with Gasteiger partial charge in [-0.1, -0.05) is 0 Å². The molecule has 1 rings (SSSR count). The Kier molecular flexibility index (Phi) is 7.52. The average molecular weight is 430 g/mol. The third kappa shape index (κ3) is 4.91. The molecule has 1 aliphatic heterocycles. The molecule has 3 N–H and O–H groups in total. The molecule has 0 bridgehead atoms. The van der Waals surface area contributed by atoms with E-state index >= 15 is 0 Å². The minimum absolute atomic E-state index is 0. The van der Waals surface area contributed by atoms with E-state index in [9.17, 15) is 21.6 Å². The number of piperidine rings is 1. The van der Waals surface area contributed by atoms with Crippen LogP contribution in [0.25, 0.3) is 0 Å². The molecule has 1 saturated heterocycles. The smallest absolute Gasteiger partial charge is 0.370 e. The minimum Gasteiger partial charge on any atom is -0.370 e. The lowest BCUT2D eigenvalue weighted by Crippen LogP contribution is -2.50. The van der Waals surface area contributed by atoms with Crippen molar-refractivity contribution in [3.05, 3.63) is 0 Å². The maximum atomic E-state index is 12.3. The van der Waals surface area contributed by atoms with Gasteiger partial charge in [0.2, 0.25) is 0 Å². The van der Waals surface area contributed by atoms with Crippen LogP contribution in [0.3, 0.4) is 0 Å². The van der Waals surface area contributed by atoms with Crippen LogP contribution >= 0.6 is 24.0 Å². The highest BCUT2D eigenvalue weighted by Gasteiger charge is 2.50. The van der Waals surface area contributed by atoms with Gasteiger partial charge in [-0.05, 0) is 19.8 Å². The summed E-state index contributed by atoms with van der Waals surface area (Å²) in [4.78, 5) is 3.90. The quantitative estimate of drug-likeness (QED) is 0.395. The fourth-order valence-corrected chi connectivity index (χ4v) is 2.80. The van der Waals surface area contributed by atoms with Gasteiger partial charge in [-0.2, -0.15) is 17.5 Å². The van der Waals surface area contributed by atoms with Gasteiger partial charge in [0.1, 0.15) is 0 Å². The number of rotatable bonds is 3. The van der Waals surface area contributed by atoms with Gasteiger partial charge in [-0.25, -0.2) is 8.42 Å². The summed E-state index contributed by atoms with van der Waals surface area (Å²) in [5, 5.41) is 2.86. The molecule has 0 aromatic heterocycles. The van der Waals surface area contributed by atoms with Crippen LogP contribution in [0.1, 0.15) is 19.8 Å². The Labute approximate surface area is 133 Å². The third-order valence-corrected chi connectivity index (χ3v) is 4.40. The maximum absolute atomic E-state index is 12.3. The molecule has 11 heteroatoms. The van der Waals surface area contributed by atoms with E-state index < -0.39 is 15.5 Å². The Morgan fingerprint density at radius 3 is 2.30 bits per heavy atom. The summed E-state index contributed by atoms with van der Waals surface area (Å²) in [5.74, 6) is 0.222. The number of aliphatic imine (C=N–C) groups is 1. The van der Waals surface area contributed by atoms with Gasteiger partial charge >= 0.3 is 15.5 Å². The maximum Gasteiger partial charge on any atom is 0.511 e. The van der Waals surface area contributed by atoms with Crippen molar-refractivity contribution in [3.8, 4) is 0 Å². The standard InChI is InChI=1S/C9H17F3N4O2S.HI/c1-2-14-8(13)15-7-3-5-16(6-4-7)19(17,18)9(10,11)12;/h7H,2-6H2,1H3,(H3,13,14,15);1H. The number of nitrogens with one attached hydrogen (secondary N) is 1. The molecule has 0 amide bonds. The first-order chi connectivity index (χ1) is 8.68. The predicted octanol–water partition coefficient (Wildman–Crippen LogP) is 0.843. The molecular formula is C9H18F3IN4O2S. The van der Waals surface area contributed by atoms with Gasteiger partial charge in [-0.15, -0.1) is 24.0 Å². The lowest BCUT2D eigenvalue weighted by atomic mass is 10.1. The van der Waals surface area contributed by atoms with Crippen molar-refractivity contribution in [1.29, 1.82) is 0 Å². The second kappa shape index (κ2) is 7.64. The van der Waals surface area contributed by atoms with E-state index in [-0.39, 0.29) is 61.9 Å². The van der Waals surface area contributed by atoms with Gasteiger partial charge in [0.05, 0.1) is 0 Å². The molecule has 0 atom stereocenters.